The zero-order valence-corrected chi connectivity index (χ0v) is 21.4. The third-order valence-electron chi connectivity index (χ3n) is 7.72. The minimum atomic E-state index is 0.194. The summed E-state index contributed by atoms with van der Waals surface area (Å²) in [7, 11) is 2.05. The first-order chi connectivity index (χ1) is 15.7. The van der Waals surface area contributed by atoms with Gasteiger partial charge in [-0.25, -0.2) is 0 Å². The first-order valence-electron chi connectivity index (χ1n) is 13.6. The van der Waals surface area contributed by atoms with Crippen molar-refractivity contribution in [3.63, 3.8) is 0 Å². The molecule has 0 fully saturated rings. The molecule has 0 unspecified atom stereocenters. The Morgan fingerprint density at radius 3 is 1.69 bits per heavy atom. The van der Waals surface area contributed by atoms with E-state index < -0.39 is 0 Å². The fourth-order valence-electron chi connectivity index (χ4n) is 5.84. The Morgan fingerprint density at radius 2 is 1.12 bits per heavy atom. The summed E-state index contributed by atoms with van der Waals surface area (Å²) in [4.78, 5) is 0. The van der Waals surface area contributed by atoms with E-state index in [1.165, 1.54) is 112 Å². The second kappa shape index (κ2) is 12.5. The molecule has 0 bridgehead atoms. The monoisotopic (exact) mass is 433 g/mol. The molecule has 0 saturated heterocycles. The van der Waals surface area contributed by atoms with Crippen LogP contribution < -0.4 is 5.32 Å². The van der Waals surface area contributed by atoms with E-state index >= 15 is 0 Å². The molecule has 3 rings (SSSR count). The minimum Gasteiger partial charge on any atom is -0.388 e. The van der Waals surface area contributed by atoms with E-state index in [0.717, 1.165) is 0 Å². The van der Waals surface area contributed by atoms with Gasteiger partial charge >= 0.3 is 0 Å². The van der Waals surface area contributed by atoms with Gasteiger partial charge in [0.2, 0.25) is 0 Å². The molecule has 1 nitrogen and oxygen atoms in total. The highest BCUT2D eigenvalue weighted by Crippen LogP contribution is 2.55. The van der Waals surface area contributed by atoms with Gasteiger partial charge in [0.15, 0.2) is 0 Å². The van der Waals surface area contributed by atoms with Crippen LogP contribution in [0.15, 0.2) is 36.4 Å². The molecule has 0 atom stereocenters. The Hall–Kier alpha value is -1.76. The van der Waals surface area contributed by atoms with Crippen molar-refractivity contribution in [2.75, 3.05) is 12.4 Å². The summed E-state index contributed by atoms with van der Waals surface area (Å²) in [6.07, 6.45) is 19.1. The first kappa shape index (κ1) is 24.9. The fourth-order valence-corrected chi connectivity index (χ4v) is 5.84. The lowest BCUT2D eigenvalue weighted by Crippen LogP contribution is -2.25. The van der Waals surface area contributed by atoms with Gasteiger partial charge in [0.1, 0.15) is 0 Å². The van der Waals surface area contributed by atoms with E-state index in [0.29, 0.717) is 0 Å². The Kier molecular flexibility index (Phi) is 9.69. The molecule has 0 aliphatic heterocycles. The predicted molar refractivity (Wildman–Crippen MR) is 143 cm³/mol. The standard InChI is InChI=1S/C31H47N/c1-5-7-9-11-13-15-21-31(22-16-14-12-10-8-6-2)29-23-25(3)17-19-27(29)28-20-18-26(32-4)24-30(28)31/h17-20,23-24,32H,5-16,21-22H2,1-4H3. The molecule has 2 aromatic carbocycles. The van der Waals surface area contributed by atoms with E-state index in [-0.39, 0.29) is 5.41 Å². The van der Waals surface area contributed by atoms with Crippen molar-refractivity contribution in [1.29, 1.82) is 0 Å². The van der Waals surface area contributed by atoms with Crippen LogP contribution in [-0.2, 0) is 5.41 Å². The van der Waals surface area contributed by atoms with Crippen molar-refractivity contribution < 1.29 is 0 Å². The van der Waals surface area contributed by atoms with Gasteiger partial charge in [-0.15, -0.1) is 0 Å². The first-order valence-corrected chi connectivity index (χ1v) is 13.6. The SMILES string of the molecule is CCCCCCCCC1(CCCCCCCC)c2cc(C)ccc2-c2ccc(NC)cc21. The van der Waals surface area contributed by atoms with Crippen molar-refractivity contribution in [3.05, 3.63) is 53.1 Å². The average Bonchev–Trinajstić information content (AvgIpc) is 3.07. The average molecular weight is 434 g/mol. The molecule has 32 heavy (non-hydrogen) atoms. The zero-order valence-electron chi connectivity index (χ0n) is 21.4. The molecule has 2 aromatic rings. The lowest BCUT2D eigenvalue weighted by molar-refractivity contribution is 0.398. The number of nitrogens with one attached hydrogen (secondary N) is 1. The molecule has 1 N–H and O–H groups in total. The fraction of sp³-hybridized carbons (Fsp3) is 0.613. The quantitative estimate of drug-likeness (QED) is 0.275. The molecule has 0 heterocycles. The lowest BCUT2D eigenvalue weighted by atomic mass is 9.70. The van der Waals surface area contributed by atoms with Crippen LogP contribution in [0, 0.1) is 6.92 Å². The number of unbranched alkanes of at least 4 members (excludes halogenated alkanes) is 10. The van der Waals surface area contributed by atoms with Crippen LogP contribution in [0.3, 0.4) is 0 Å². The molecule has 1 aliphatic carbocycles. The van der Waals surface area contributed by atoms with Gasteiger partial charge < -0.3 is 5.32 Å². The molecular weight excluding hydrogens is 386 g/mol. The van der Waals surface area contributed by atoms with Gasteiger partial charge in [-0.2, -0.15) is 0 Å². The second-order valence-corrected chi connectivity index (χ2v) is 10.2. The molecule has 0 saturated carbocycles. The maximum Gasteiger partial charge on any atom is 0.0341 e. The maximum atomic E-state index is 3.41. The van der Waals surface area contributed by atoms with Crippen molar-refractivity contribution in [1.82, 2.24) is 0 Å². The highest BCUT2D eigenvalue weighted by Gasteiger charge is 2.42. The number of anilines is 1. The summed E-state index contributed by atoms with van der Waals surface area (Å²) in [6, 6.07) is 14.3. The van der Waals surface area contributed by atoms with Crippen molar-refractivity contribution in [3.8, 4) is 11.1 Å². The van der Waals surface area contributed by atoms with Crippen LogP contribution in [0.5, 0.6) is 0 Å². The van der Waals surface area contributed by atoms with Gasteiger partial charge in [0, 0.05) is 18.2 Å². The van der Waals surface area contributed by atoms with Crippen LogP contribution in [0.4, 0.5) is 5.69 Å². The Bertz CT molecular complexity index is 818. The third kappa shape index (κ3) is 5.77. The summed E-state index contributed by atoms with van der Waals surface area (Å²) >= 11 is 0. The molecule has 0 amide bonds. The largest absolute Gasteiger partial charge is 0.388 e. The Balaban J connectivity index is 1.88. The van der Waals surface area contributed by atoms with Gasteiger partial charge in [-0.1, -0.05) is 121 Å². The summed E-state index contributed by atoms with van der Waals surface area (Å²) in [6.45, 7) is 6.88. The summed E-state index contributed by atoms with van der Waals surface area (Å²) in [5.41, 5.74) is 9.03. The Morgan fingerprint density at radius 1 is 0.625 bits per heavy atom. The third-order valence-corrected chi connectivity index (χ3v) is 7.72. The molecule has 1 aliphatic rings. The number of hydrogen-bond donors (Lipinski definition) is 1. The molecule has 0 spiro atoms. The second-order valence-electron chi connectivity index (χ2n) is 10.2. The minimum absolute atomic E-state index is 0.194. The van der Waals surface area contributed by atoms with Gasteiger partial charge in [-0.05, 0) is 54.2 Å². The number of hydrogen-bond acceptors (Lipinski definition) is 1. The topological polar surface area (TPSA) is 12.0 Å². The van der Waals surface area contributed by atoms with E-state index in [4.69, 9.17) is 0 Å². The summed E-state index contributed by atoms with van der Waals surface area (Å²) in [5.74, 6) is 0. The van der Waals surface area contributed by atoms with Crippen molar-refractivity contribution >= 4 is 5.69 Å². The van der Waals surface area contributed by atoms with Gasteiger partial charge in [-0.3, -0.25) is 0 Å². The number of fused-ring (bicyclic) bond motifs is 3. The van der Waals surface area contributed by atoms with Gasteiger partial charge in [0.25, 0.3) is 0 Å². The molecule has 0 aromatic heterocycles. The predicted octanol–water partition coefficient (Wildman–Crippen LogP) is 9.80. The number of aryl methyl sites for hydroxylation is 1. The molecular formula is C31H47N. The van der Waals surface area contributed by atoms with Crippen LogP contribution in [0.2, 0.25) is 0 Å². The zero-order chi connectivity index (χ0) is 22.8. The van der Waals surface area contributed by atoms with Crippen LogP contribution in [0.1, 0.15) is 120 Å². The normalized spacial score (nSPS) is 13.8. The molecule has 176 valence electrons. The number of rotatable bonds is 15. The van der Waals surface area contributed by atoms with E-state index in [2.05, 4.69) is 69.5 Å². The number of benzene rings is 2. The summed E-state index contributed by atoms with van der Waals surface area (Å²) < 4.78 is 0. The highest BCUT2D eigenvalue weighted by atomic mass is 14.8. The van der Waals surface area contributed by atoms with E-state index in [9.17, 15) is 0 Å². The van der Waals surface area contributed by atoms with Crippen LogP contribution >= 0.6 is 0 Å². The van der Waals surface area contributed by atoms with Crippen molar-refractivity contribution in [2.24, 2.45) is 0 Å². The smallest absolute Gasteiger partial charge is 0.0341 e. The summed E-state index contributed by atoms with van der Waals surface area (Å²) in [5, 5.41) is 3.41. The van der Waals surface area contributed by atoms with Crippen molar-refractivity contribution in [2.45, 2.75) is 116 Å². The maximum absolute atomic E-state index is 3.41. The molecule has 1 heteroatoms. The molecule has 0 radical (unpaired) electrons. The van der Waals surface area contributed by atoms with Crippen LogP contribution in [-0.4, -0.2) is 7.05 Å². The lowest BCUT2D eigenvalue weighted by Gasteiger charge is -2.33. The highest BCUT2D eigenvalue weighted by molar-refractivity contribution is 5.83. The van der Waals surface area contributed by atoms with Gasteiger partial charge in [0.05, 0.1) is 0 Å². The van der Waals surface area contributed by atoms with E-state index in [1.807, 2.05) is 0 Å². The van der Waals surface area contributed by atoms with Crippen LogP contribution in [0.25, 0.3) is 11.1 Å². The Labute approximate surface area is 198 Å². The van der Waals surface area contributed by atoms with E-state index in [1.54, 1.807) is 11.1 Å².